The first kappa shape index (κ1) is 12.7. The topological polar surface area (TPSA) is 73.2 Å². The molecule has 96 valence electrons. The summed E-state index contributed by atoms with van der Waals surface area (Å²) < 4.78 is 25.3. The van der Waals surface area contributed by atoms with E-state index in [4.69, 9.17) is 5.26 Å². The summed E-state index contributed by atoms with van der Waals surface area (Å²) in [6.07, 6.45) is 1.20. The van der Waals surface area contributed by atoms with Gasteiger partial charge in [0.2, 0.25) is 10.0 Å². The second-order valence-corrected chi connectivity index (χ2v) is 6.87. The zero-order valence-electron chi connectivity index (χ0n) is 10.6. The monoisotopic (exact) mass is 265 g/mol. The van der Waals surface area contributed by atoms with Gasteiger partial charge in [0.25, 0.3) is 0 Å². The first-order valence-electron chi connectivity index (χ1n) is 5.54. The van der Waals surface area contributed by atoms with Crippen LogP contribution in [0.4, 0.5) is 11.4 Å². The summed E-state index contributed by atoms with van der Waals surface area (Å²) in [6, 6.07) is 7.01. The van der Waals surface area contributed by atoms with Gasteiger partial charge in [0.1, 0.15) is 0 Å². The molecule has 1 aliphatic rings. The van der Waals surface area contributed by atoms with Crippen molar-refractivity contribution < 1.29 is 8.42 Å². The Morgan fingerprint density at radius 3 is 2.67 bits per heavy atom. The first-order chi connectivity index (χ1) is 8.25. The summed E-state index contributed by atoms with van der Waals surface area (Å²) in [7, 11) is -3.36. The minimum Gasteiger partial charge on any atom is -0.381 e. The van der Waals surface area contributed by atoms with Crippen LogP contribution in [0.25, 0.3) is 0 Å². The average Bonchev–Trinajstić information content (AvgIpc) is 2.25. The minimum absolute atomic E-state index is 0.502. The summed E-state index contributed by atoms with van der Waals surface area (Å²) in [5.74, 6) is 0. The highest BCUT2D eigenvalue weighted by atomic mass is 32.2. The molecule has 2 rings (SSSR count). The Morgan fingerprint density at radius 1 is 1.44 bits per heavy atom. The number of benzene rings is 1. The van der Waals surface area contributed by atoms with Crippen molar-refractivity contribution >= 4 is 21.4 Å². The average molecular weight is 265 g/mol. The summed E-state index contributed by atoms with van der Waals surface area (Å²) in [5.41, 5.74) is 1.25. The Kier molecular flexibility index (Phi) is 2.74. The van der Waals surface area contributed by atoms with Crippen LogP contribution in [0, 0.1) is 11.3 Å². The third kappa shape index (κ3) is 2.02. The van der Waals surface area contributed by atoms with Crippen LogP contribution in [0.5, 0.6) is 0 Å². The number of fused-ring (bicyclic) bond motifs is 1. The van der Waals surface area contributed by atoms with Crippen molar-refractivity contribution in [2.75, 3.05) is 22.4 Å². The maximum atomic E-state index is 12.0. The van der Waals surface area contributed by atoms with Crippen LogP contribution >= 0.6 is 0 Å². The molecule has 0 unspecified atom stereocenters. The SMILES string of the molecule is CC1(C)CNc2cc(C#N)ccc2N1S(C)(=O)=O. The quantitative estimate of drug-likeness (QED) is 0.835. The van der Waals surface area contributed by atoms with Crippen LogP contribution < -0.4 is 9.62 Å². The smallest absolute Gasteiger partial charge is 0.232 e. The van der Waals surface area contributed by atoms with Crippen LogP contribution in [-0.4, -0.2) is 26.8 Å². The van der Waals surface area contributed by atoms with Gasteiger partial charge in [0.15, 0.2) is 0 Å². The molecule has 0 radical (unpaired) electrons. The van der Waals surface area contributed by atoms with Gasteiger partial charge in [-0.25, -0.2) is 8.42 Å². The minimum atomic E-state index is -3.36. The van der Waals surface area contributed by atoms with E-state index in [-0.39, 0.29) is 0 Å². The van der Waals surface area contributed by atoms with E-state index < -0.39 is 15.6 Å². The fourth-order valence-electron chi connectivity index (χ4n) is 2.26. The highest BCUT2D eigenvalue weighted by Crippen LogP contribution is 2.38. The summed E-state index contributed by atoms with van der Waals surface area (Å²) >= 11 is 0. The highest BCUT2D eigenvalue weighted by Gasteiger charge is 2.38. The van der Waals surface area contributed by atoms with Crippen molar-refractivity contribution in [3.63, 3.8) is 0 Å². The van der Waals surface area contributed by atoms with Crippen molar-refractivity contribution in [2.24, 2.45) is 0 Å². The van der Waals surface area contributed by atoms with Crippen LogP contribution in [0.3, 0.4) is 0 Å². The Bertz CT molecular complexity index is 629. The lowest BCUT2D eigenvalue weighted by Crippen LogP contribution is -2.54. The number of sulfonamides is 1. The maximum Gasteiger partial charge on any atom is 0.232 e. The largest absolute Gasteiger partial charge is 0.381 e. The van der Waals surface area contributed by atoms with Gasteiger partial charge >= 0.3 is 0 Å². The molecule has 0 amide bonds. The molecule has 1 aliphatic heterocycles. The zero-order valence-corrected chi connectivity index (χ0v) is 11.4. The molecule has 1 heterocycles. The summed E-state index contributed by atoms with van der Waals surface area (Å²) in [4.78, 5) is 0. The molecule has 0 aromatic heterocycles. The third-order valence-electron chi connectivity index (χ3n) is 2.94. The highest BCUT2D eigenvalue weighted by molar-refractivity contribution is 7.92. The Morgan fingerprint density at radius 2 is 2.11 bits per heavy atom. The van der Waals surface area contributed by atoms with Gasteiger partial charge in [-0.3, -0.25) is 4.31 Å². The second kappa shape index (κ2) is 3.89. The molecule has 0 atom stereocenters. The van der Waals surface area contributed by atoms with Gasteiger partial charge in [-0.2, -0.15) is 5.26 Å². The first-order valence-corrected chi connectivity index (χ1v) is 7.39. The summed E-state index contributed by atoms with van der Waals surface area (Å²) in [6.45, 7) is 4.23. The molecular formula is C12H15N3O2S. The van der Waals surface area contributed by atoms with Crippen molar-refractivity contribution in [1.82, 2.24) is 0 Å². The molecule has 1 N–H and O–H groups in total. The van der Waals surface area contributed by atoms with Gasteiger partial charge < -0.3 is 5.32 Å². The lowest BCUT2D eigenvalue weighted by atomic mass is 10.0. The normalized spacial score (nSPS) is 17.6. The molecule has 6 heteroatoms. The Hall–Kier alpha value is -1.74. The van der Waals surface area contributed by atoms with E-state index in [0.717, 1.165) is 0 Å². The summed E-state index contributed by atoms with van der Waals surface area (Å²) in [5, 5.41) is 12.0. The molecule has 0 bridgehead atoms. The second-order valence-electron chi connectivity index (χ2n) is 5.04. The van der Waals surface area contributed by atoms with Crippen molar-refractivity contribution in [1.29, 1.82) is 5.26 Å². The molecule has 18 heavy (non-hydrogen) atoms. The molecule has 0 aliphatic carbocycles. The van der Waals surface area contributed by atoms with E-state index in [0.29, 0.717) is 23.5 Å². The lowest BCUT2D eigenvalue weighted by molar-refractivity contribution is 0.514. The standard InChI is InChI=1S/C12H15N3O2S/c1-12(2)8-14-10-6-9(7-13)4-5-11(10)15(12)18(3,16)17/h4-6,14H,8H2,1-3H3. The van der Waals surface area contributed by atoms with E-state index in [1.54, 1.807) is 18.2 Å². The van der Waals surface area contributed by atoms with Crippen molar-refractivity contribution in [3.05, 3.63) is 23.8 Å². The number of nitriles is 1. The molecule has 0 spiro atoms. The van der Waals surface area contributed by atoms with Gasteiger partial charge in [-0.1, -0.05) is 0 Å². The predicted octanol–water partition coefficient (Wildman–Crippen LogP) is 1.53. The van der Waals surface area contributed by atoms with Crippen LogP contribution in [0.2, 0.25) is 0 Å². The van der Waals surface area contributed by atoms with E-state index in [1.807, 2.05) is 19.9 Å². The van der Waals surface area contributed by atoms with Gasteiger partial charge in [-0.05, 0) is 32.0 Å². The fraction of sp³-hybridized carbons (Fsp3) is 0.417. The molecule has 0 saturated carbocycles. The van der Waals surface area contributed by atoms with E-state index in [2.05, 4.69) is 5.32 Å². The lowest BCUT2D eigenvalue weighted by Gasteiger charge is -2.43. The van der Waals surface area contributed by atoms with Gasteiger partial charge in [0.05, 0.1) is 34.8 Å². The van der Waals surface area contributed by atoms with E-state index in [9.17, 15) is 8.42 Å². The molecule has 0 fully saturated rings. The van der Waals surface area contributed by atoms with Crippen molar-refractivity contribution in [2.45, 2.75) is 19.4 Å². The van der Waals surface area contributed by atoms with Crippen molar-refractivity contribution in [3.8, 4) is 6.07 Å². The van der Waals surface area contributed by atoms with Gasteiger partial charge in [0, 0.05) is 6.54 Å². The number of nitrogens with one attached hydrogen (secondary N) is 1. The predicted molar refractivity (Wildman–Crippen MR) is 71.0 cm³/mol. The molecule has 0 saturated heterocycles. The Labute approximate surface area is 107 Å². The number of anilines is 2. The molecule has 1 aromatic rings. The number of hydrogen-bond acceptors (Lipinski definition) is 4. The Balaban J connectivity index is 2.64. The zero-order chi connectivity index (χ0) is 13.6. The van der Waals surface area contributed by atoms with Crippen LogP contribution in [0.15, 0.2) is 18.2 Å². The fourth-order valence-corrected chi connectivity index (χ4v) is 3.74. The molecule has 1 aromatic carbocycles. The van der Waals surface area contributed by atoms with E-state index >= 15 is 0 Å². The van der Waals surface area contributed by atoms with Crippen LogP contribution in [-0.2, 0) is 10.0 Å². The molecular weight excluding hydrogens is 250 g/mol. The maximum absolute atomic E-state index is 12.0. The van der Waals surface area contributed by atoms with Crippen LogP contribution in [0.1, 0.15) is 19.4 Å². The number of nitrogens with zero attached hydrogens (tertiary/aromatic N) is 2. The third-order valence-corrected chi connectivity index (χ3v) is 4.29. The van der Waals surface area contributed by atoms with Gasteiger partial charge in [-0.15, -0.1) is 0 Å². The number of rotatable bonds is 1. The van der Waals surface area contributed by atoms with E-state index in [1.165, 1.54) is 10.6 Å². The number of hydrogen-bond donors (Lipinski definition) is 1. The molecule has 5 nitrogen and oxygen atoms in total.